The van der Waals surface area contributed by atoms with Gasteiger partial charge in [0, 0.05) is 15.7 Å². The average Bonchev–Trinajstić information content (AvgIpc) is 2.50. The minimum Gasteiger partial charge on any atom is -0.450 e. The Bertz CT molecular complexity index is 677. The molecule has 104 valence electrons. The molecule has 0 saturated heterocycles. The van der Waals surface area contributed by atoms with E-state index in [1.807, 2.05) is 38.3 Å². The molecule has 0 radical (unpaired) electrons. The van der Waals surface area contributed by atoms with E-state index in [0.29, 0.717) is 16.7 Å². The molecule has 1 aliphatic heterocycles. The van der Waals surface area contributed by atoms with Gasteiger partial charge in [0.05, 0.1) is 0 Å². The molecule has 0 fully saturated rings. The molecule has 7 heteroatoms. The molecule has 0 amide bonds. The van der Waals surface area contributed by atoms with Gasteiger partial charge in [0.2, 0.25) is 11.0 Å². The van der Waals surface area contributed by atoms with Gasteiger partial charge in [-0.15, -0.1) is 10.2 Å². The first kappa shape index (κ1) is 13.6. The van der Waals surface area contributed by atoms with Gasteiger partial charge in [-0.1, -0.05) is 27.7 Å². The molecule has 5 nitrogen and oxygen atoms in total. The maximum absolute atomic E-state index is 5.96. The lowest BCUT2D eigenvalue weighted by atomic mass is 10.1. The van der Waals surface area contributed by atoms with Gasteiger partial charge in [-0.3, -0.25) is 0 Å². The molecule has 3 rings (SSSR count). The number of thioether (sulfide) groups is 1. The van der Waals surface area contributed by atoms with Crippen LogP contribution in [0.3, 0.4) is 0 Å². The topological polar surface area (TPSA) is 59.9 Å². The lowest BCUT2D eigenvalue weighted by Gasteiger charge is -2.26. The zero-order chi connectivity index (χ0) is 14.3. The van der Waals surface area contributed by atoms with Crippen molar-refractivity contribution in [2.75, 3.05) is 11.6 Å². The zero-order valence-electron chi connectivity index (χ0n) is 11.3. The lowest BCUT2D eigenvalue weighted by molar-refractivity contribution is 0.134. The van der Waals surface area contributed by atoms with Crippen LogP contribution in [-0.4, -0.2) is 27.2 Å². The Morgan fingerprint density at radius 1 is 1.30 bits per heavy atom. The number of aromatic nitrogens is 3. The summed E-state index contributed by atoms with van der Waals surface area (Å²) in [4.78, 5) is 4.43. The molecular formula is C13H13BrN4OS. The van der Waals surface area contributed by atoms with E-state index < -0.39 is 5.72 Å². The molecule has 1 aromatic heterocycles. The Labute approximate surface area is 129 Å². The molecule has 0 saturated carbocycles. The smallest absolute Gasteiger partial charge is 0.247 e. The molecule has 0 unspecified atom stereocenters. The normalized spacial score (nSPS) is 15.4. The summed E-state index contributed by atoms with van der Waals surface area (Å²) in [5, 5.41) is 12.3. The summed E-state index contributed by atoms with van der Waals surface area (Å²) in [5.41, 5.74) is 1.95. The number of ether oxygens (including phenoxy) is 1. The highest BCUT2D eigenvalue weighted by Gasteiger charge is 2.29. The molecule has 0 spiro atoms. The Morgan fingerprint density at radius 3 is 2.85 bits per heavy atom. The van der Waals surface area contributed by atoms with E-state index >= 15 is 0 Å². The largest absolute Gasteiger partial charge is 0.450 e. The van der Waals surface area contributed by atoms with Crippen molar-refractivity contribution in [3.05, 3.63) is 22.7 Å². The van der Waals surface area contributed by atoms with E-state index in [2.05, 4.69) is 36.4 Å². The Morgan fingerprint density at radius 2 is 2.10 bits per heavy atom. The lowest BCUT2D eigenvalue weighted by Crippen LogP contribution is -2.37. The van der Waals surface area contributed by atoms with Crippen molar-refractivity contribution in [1.82, 2.24) is 15.2 Å². The van der Waals surface area contributed by atoms with Crippen LogP contribution in [-0.2, 0) is 0 Å². The second-order valence-corrected chi connectivity index (χ2v) is 6.57. The number of anilines is 1. The molecule has 20 heavy (non-hydrogen) atoms. The number of nitrogens with one attached hydrogen (secondary N) is 1. The van der Waals surface area contributed by atoms with Crippen LogP contribution >= 0.6 is 27.7 Å². The number of nitrogens with zero attached hydrogens (tertiary/aromatic N) is 3. The number of benzene rings is 1. The van der Waals surface area contributed by atoms with Gasteiger partial charge in [-0.2, -0.15) is 4.98 Å². The maximum Gasteiger partial charge on any atom is 0.247 e. The fourth-order valence-electron chi connectivity index (χ4n) is 2.04. The first-order valence-electron chi connectivity index (χ1n) is 6.04. The second kappa shape index (κ2) is 4.89. The highest BCUT2D eigenvalue weighted by molar-refractivity contribution is 9.10. The Hall–Kier alpha value is -1.34. The number of halogens is 1. The fourth-order valence-corrected chi connectivity index (χ4v) is 2.70. The monoisotopic (exact) mass is 352 g/mol. The SMILES string of the molecule is CSc1nnc2c(n1)OC(C)(C)Nc1ccc(Br)cc1-2. The van der Waals surface area contributed by atoms with Gasteiger partial charge in [0.1, 0.15) is 0 Å². The predicted octanol–water partition coefficient (Wildman–Crippen LogP) is 3.56. The second-order valence-electron chi connectivity index (χ2n) is 4.88. The quantitative estimate of drug-likeness (QED) is 0.791. The average molecular weight is 353 g/mol. The highest BCUT2D eigenvalue weighted by Crippen LogP contribution is 2.39. The van der Waals surface area contributed by atoms with Crippen LogP contribution in [0.15, 0.2) is 27.8 Å². The molecule has 0 atom stereocenters. The van der Waals surface area contributed by atoms with Crippen LogP contribution in [0.5, 0.6) is 5.88 Å². The van der Waals surface area contributed by atoms with Crippen molar-refractivity contribution in [1.29, 1.82) is 0 Å². The van der Waals surface area contributed by atoms with Crippen LogP contribution in [0.1, 0.15) is 13.8 Å². The van der Waals surface area contributed by atoms with Crippen LogP contribution in [0.25, 0.3) is 11.3 Å². The molecule has 0 bridgehead atoms. The molecule has 1 aliphatic rings. The molecule has 2 heterocycles. The minimum atomic E-state index is -0.570. The van der Waals surface area contributed by atoms with Crippen molar-refractivity contribution < 1.29 is 4.74 Å². The Balaban J connectivity index is 2.25. The van der Waals surface area contributed by atoms with Gasteiger partial charge in [0.25, 0.3) is 0 Å². The van der Waals surface area contributed by atoms with E-state index in [4.69, 9.17) is 4.74 Å². The number of hydrogen-bond donors (Lipinski definition) is 1. The van der Waals surface area contributed by atoms with Crippen molar-refractivity contribution in [2.24, 2.45) is 0 Å². The fraction of sp³-hybridized carbons (Fsp3) is 0.308. The van der Waals surface area contributed by atoms with Crippen molar-refractivity contribution in [2.45, 2.75) is 24.7 Å². The molecule has 1 N–H and O–H groups in total. The minimum absolute atomic E-state index is 0.499. The van der Waals surface area contributed by atoms with E-state index in [9.17, 15) is 0 Å². The van der Waals surface area contributed by atoms with Gasteiger partial charge < -0.3 is 10.1 Å². The van der Waals surface area contributed by atoms with E-state index in [1.165, 1.54) is 11.8 Å². The zero-order valence-corrected chi connectivity index (χ0v) is 13.7. The van der Waals surface area contributed by atoms with Crippen LogP contribution < -0.4 is 10.1 Å². The summed E-state index contributed by atoms with van der Waals surface area (Å²) in [6.45, 7) is 3.91. The molecular weight excluding hydrogens is 340 g/mol. The summed E-state index contributed by atoms with van der Waals surface area (Å²) < 4.78 is 6.93. The van der Waals surface area contributed by atoms with Gasteiger partial charge >= 0.3 is 0 Å². The Kier molecular flexibility index (Phi) is 3.33. The maximum atomic E-state index is 5.96. The van der Waals surface area contributed by atoms with E-state index in [-0.39, 0.29) is 0 Å². The standard InChI is InChI=1S/C13H13BrN4OS/c1-13(2)16-9-5-4-7(14)6-8(9)10-11(19-13)15-12(20-3)18-17-10/h4-6,16H,1-3H3. The predicted molar refractivity (Wildman–Crippen MR) is 83.1 cm³/mol. The van der Waals surface area contributed by atoms with Crippen LogP contribution in [0.4, 0.5) is 5.69 Å². The summed E-state index contributed by atoms with van der Waals surface area (Å²) in [5.74, 6) is 0.499. The third kappa shape index (κ3) is 2.47. The highest BCUT2D eigenvalue weighted by atomic mass is 79.9. The summed E-state index contributed by atoms with van der Waals surface area (Å²) in [6.07, 6.45) is 1.91. The first-order valence-corrected chi connectivity index (χ1v) is 8.06. The summed E-state index contributed by atoms with van der Waals surface area (Å²) >= 11 is 4.92. The summed E-state index contributed by atoms with van der Waals surface area (Å²) in [7, 11) is 0. The van der Waals surface area contributed by atoms with Crippen molar-refractivity contribution in [3.8, 4) is 17.1 Å². The van der Waals surface area contributed by atoms with E-state index in [0.717, 1.165) is 15.7 Å². The van der Waals surface area contributed by atoms with Crippen LogP contribution in [0, 0.1) is 0 Å². The third-order valence-corrected chi connectivity index (χ3v) is 3.87. The summed E-state index contributed by atoms with van der Waals surface area (Å²) in [6, 6.07) is 5.95. The van der Waals surface area contributed by atoms with E-state index in [1.54, 1.807) is 0 Å². The number of fused-ring (bicyclic) bond motifs is 3. The third-order valence-electron chi connectivity index (χ3n) is 2.84. The number of rotatable bonds is 1. The van der Waals surface area contributed by atoms with Crippen LogP contribution in [0.2, 0.25) is 0 Å². The van der Waals surface area contributed by atoms with Gasteiger partial charge in [-0.25, -0.2) is 0 Å². The van der Waals surface area contributed by atoms with Gasteiger partial charge in [-0.05, 0) is 38.3 Å². The molecule has 1 aromatic carbocycles. The van der Waals surface area contributed by atoms with Gasteiger partial charge in [0.15, 0.2) is 11.4 Å². The van der Waals surface area contributed by atoms with Crippen molar-refractivity contribution >= 4 is 33.4 Å². The molecule has 2 aromatic rings. The number of hydrogen-bond acceptors (Lipinski definition) is 6. The molecule has 0 aliphatic carbocycles. The van der Waals surface area contributed by atoms with Crippen molar-refractivity contribution in [3.63, 3.8) is 0 Å². The first-order chi connectivity index (χ1) is 9.48.